The zero-order valence-corrected chi connectivity index (χ0v) is 12.0. The Bertz CT molecular complexity index is 493. The summed E-state index contributed by atoms with van der Waals surface area (Å²) in [6.07, 6.45) is 0.226. The van der Waals surface area contributed by atoms with Gasteiger partial charge in [0.1, 0.15) is 0 Å². The van der Waals surface area contributed by atoms with Gasteiger partial charge in [-0.2, -0.15) is 0 Å². The molecule has 1 rings (SSSR count). The molecule has 124 valence electrons. The van der Waals surface area contributed by atoms with Gasteiger partial charge in [0.05, 0.1) is 12.7 Å². The van der Waals surface area contributed by atoms with Crippen molar-refractivity contribution in [1.29, 1.82) is 0 Å². The van der Waals surface area contributed by atoms with Gasteiger partial charge in [-0.25, -0.2) is 9.59 Å². The van der Waals surface area contributed by atoms with E-state index in [2.05, 4.69) is 0 Å². The highest BCUT2D eigenvalue weighted by Gasteiger charge is 2.26. The quantitative estimate of drug-likeness (QED) is 0.366. The number of aliphatic hydroxyl groups is 3. The first-order valence-corrected chi connectivity index (χ1v) is 6.95. The fourth-order valence-electron chi connectivity index (χ4n) is 1.81. The zero-order valence-electron chi connectivity index (χ0n) is 12.0. The van der Waals surface area contributed by atoms with Crippen molar-refractivity contribution in [2.24, 2.45) is 0 Å². The first-order chi connectivity index (χ1) is 10.5. The molecule has 8 nitrogen and oxygen atoms in total. The first kappa shape index (κ1) is 18.1. The molecular formula is C14H20O8. The Balaban J connectivity index is 2.80. The number of carboxylic acid groups (broad SMARTS) is 1. The number of aromatic carboxylic acids is 1. The second-order valence-corrected chi connectivity index (χ2v) is 4.65. The highest BCUT2D eigenvalue weighted by atomic mass is 16.5. The summed E-state index contributed by atoms with van der Waals surface area (Å²) in [7, 11) is 0. The molecule has 0 amide bonds. The van der Waals surface area contributed by atoms with Crippen molar-refractivity contribution in [3.63, 3.8) is 0 Å². The van der Waals surface area contributed by atoms with Gasteiger partial charge < -0.3 is 29.6 Å². The summed E-state index contributed by atoms with van der Waals surface area (Å²) in [6.45, 7) is -0.0787. The molecule has 0 spiro atoms. The standard InChI is InChI=1S/C14H20O8/c15-5-1-2-7-21-14(20)11-8-9(10(17)4-3-6-16)12(22-11)13(18)19/h8,10,15-17H,1-7H2,(H,18,19). The molecule has 1 heterocycles. The molecule has 1 aromatic rings. The second kappa shape index (κ2) is 9.19. The molecule has 4 N–H and O–H groups in total. The Morgan fingerprint density at radius 1 is 1.18 bits per heavy atom. The highest BCUT2D eigenvalue weighted by Crippen LogP contribution is 2.26. The molecule has 0 radical (unpaired) electrons. The normalized spacial score (nSPS) is 12.1. The predicted octanol–water partition coefficient (Wildman–Crippen LogP) is 0.713. The SMILES string of the molecule is O=C(OCCCCO)c1cc(C(O)CCCO)c(C(=O)O)o1. The number of carbonyl (C=O) groups is 2. The van der Waals surface area contributed by atoms with E-state index in [0.29, 0.717) is 12.8 Å². The molecule has 8 heteroatoms. The molecule has 22 heavy (non-hydrogen) atoms. The average Bonchev–Trinajstić information content (AvgIpc) is 2.94. The van der Waals surface area contributed by atoms with Crippen LogP contribution in [0.15, 0.2) is 10.5 Å². The van der Waals surface area contributed by atoms with Gasteiger partial charge in [0.15, 0.2) is 0 Å². The minimum Gasteiger partial charge on any atom is -0.475 e. The maximum Gasteiger partial charge on any atom is 0.374 e. The number of esters is 1. The average molecular weight is 316 g/mol. The highest BCUT2D eigenvalue weighted by molar-refractivity contribution is 5.91. The Hall–Kier alpha value is -1.90. The second-order valence-electron chi connectivity index (χ2n) is 4.65. The van der Waals surface area contributed by atoms with Gasteiger partial charge in [0.2, 0.25) is 11.5 Å². The van der Waals surface area contributed by atoms with Gasteiger partial charge in [-0.05, 0) is 31.7 Å². The lowest BCUT2D eigenvalue weighted by atomic mass is 10.1. The number of hydrogen-bond donors (Lipinski definition) is 4. The molecule has 0 saturated heterocycles. The molecular weight excluding hydrogens is 296 g/mol. The Kier molecular flexibility index (Phi) is 7.58. The van der Waals surface area contributed by atoms with E-state index in [1.807, 2.05) is 0 Å². The van der Waals surface area contributed by atoms with Crippen LogP contribution < -0.4 is 0 Å². The van der Waals surface area contributed by atoms with Gasteiger partial charge in [0.25, 0.3) is 0 Å². The number of rotatable bonds is 10. The summed E-state index contributed by atoms with van der Waals surface area (Å²) in [5.41, 5.74) is -0.0248. The number of furan rings is 1. The molecule has 0 aliphatic rings. The van der Waals surface area contributed by atoms with Gasteiger partial charge in [-0.3, -0.25) is 0 Å². The minimum absolute atomic E-state index is 0.0112. The van der Waals surface area contributed by atoms with E-state index in [-0.39, 0.29) is 44.0 Å². The first-order valence-electron chi connectivity index (χ1n) is 6.95. The summed E-state index contributed by atoms with van der Waals surface area (Å²) in [5.74, 6) is -3.06. The van der Waals surface area contributed by atoms with Gasteiger partial charge in [0, 0.05) is 18.8 Å². The lowest BCUT2D eigenvalue weighted by molar-refractivity contribution is 0.0451. The van der Waals surface area contributed by atoms with E-state index in [4.69, 9.17) is 24.5 Å². The Morgan fingerprint density at radius 2 is 1.86 bits per heavy atom. The van der Waals surface area contributed by atoms with Crippen LogP contribution in [0.5, 0.6) is 0 Å². The number of unbranched alkanes of at least 4 members (excludes halogenated alkanes) is 1. The third kappa shape index (κ3) is 5.14. The molecule has 0 aliphatic carbocycles. The van der Waals surface area contributed by atoms with Crippen molar-refractivity contribution in [3.8, 4) is 0 Å². The summed E-state index contributed by atoms with van der Waals surface area (Å²) < 4.78 is 9.83. The van der Waals surface area contributed by atoms with Crippen molar-refractivity contribution < 1.29 is 39.2 Å². The van der Waals surface area contributed by atoms with Crippen molar-refractivity contribution >= 4 is 11.9 Å². The summed E-state index contributed by atoms with van der Waals surface area (Å²) in [5, 5.41) is 36.3. The van der Waals surface area contributed by atoms with Crippen LogP contribution in [0, 0.1) is 0 Å². The molecule has 0 fully saturated rings. The van der Waals surface area contributed by atoms with Crippen molar-refractivity contribution in [2.45, 2.75) is 31.8 Å². The van der Waals surface area contributed by atoms with Gasteiger partial charge in [-0.1, -0.05) is 0 Å². The van der Waals surface area contributed by atoms with Crippen LogP contribution in [-0.2, 0) is 4.74 Å². The third-order valence-corrected chi connectivity index (χ3v) is 2.94. The van der Waals surface area contributed by atoms with Crippen molar-refractivity contribution in [1.82, 2.24) is 0 Å². The van der Waals surface area contributed by atoms with E-state index in [1.54, 1.807) is 0 Å². The molecule has 1 aromatic heterocycles. The Labute approximate surface area is 126 Å². The fourth-order valence-corrected chi connectivity index (χ4v) is 1.81. The van der Waals surface area contributed by atoms with Crippen molar-refractivity contribution in [3.05, 3.63) is 23.2 Å². The van der Waals surface area contributed by atoms with Crippen LogP contribution in [0.2, 0.25) is 0 Å². The van der Waals surface area contributed by atoms with Crippen LogP contribution >= 0.6 is 0 Å². The molecule has 1 unspecified atom stereocenters. The van der Waals surface area contributed by atoms with Gasteiger partial charge in [-0.15, -0.1) is 0 Å². The van der Waals surface area contributed by atoms with Crippen LogP contribution in [0.3, 0.4) is 0 Å². The van der Waals surface area contributed by atoms with Gasteiger partial charge >= 0.3 is 11.9 Å². The van der Waals surface area contributed by atoms with E-state index < -0.39 is 23.8 Å². The van der Waals surface area contributed by atoms with E-state index in [9.17, 15) is 14.7 Å². The van der Waals surface area contributed by atoms with E-state index in [1.165, 1.54) is 0 Å². The molecule has 0 saturated carbocycles. The number of hydrogen-bond acceptors (Lipinski definition) is 7. The zero-order chi connectivity index (χ0) is 16.5. The van der Waals surface area contributed by atoms with E-state index >= 15 is 0 Å². The number of ether oxygens (including phenoxy) is 1. The van der Waals surface area contributed by atoms with Crippen LogP contribution in [0.4, 0.5) is 0 Å². The number of carbonyl (C=O) groups excluding carboxylic acids is 1. The summed E-state index contributed by atoms with van der Waals surface area (Å²) >= 11 is 0. The lowest BCUT2D eigenvalue weighted by Gasteiger charge is -2.07. The van der Waals surface area contributed by atoms with Crippen LogP contribution in [0.1, 0.15) is 58.5 Å². The smallest absolute Gasteiger partial charge is 0.374 e. The maximum atomic E-state index is 11.7. The summed E-state index contributed by atoms with van der Waals surface area (Å²) in [4.78, 5) is 22.8. The topological polar surface area (TPSA) is 137 Å². The molecule has 0 aliphatic heterocycles. The Morgan fingerprint density at radius 3 is 2.45 bits per heavy atom. The maximum absolute atomic E-state index is 11.7. The van der Waals surface area contributed by atoms with Crippen LogP contribution in [0.25, 0.3) is 0 Å². The summed E-state index contributed by atoms with van der Waals surface area (Å²) in [6, 6.07) is 1.14. The fraction of sp³-hybridized carbons (Fsp3) is 0.571. The minimum atomic E-state index is -1.41. The molecule has 0 bridgehead atoms. The lowest BCUT2D eigenvalue weighted by Crippen LogP contribution is -2.06. The largest absolute Gasteiger partial charge is 0.475 e. The van der Waals surface area contributed by atoms with E-state index in [0.717, 1.165) is 6.07 Å². The number of carboxylic acids is 1. The van der Waals surface area contributed by atoms with Crippen LogP contribution in [-0.4, -0.2) is 52.2 Å². The molecule has 0 aromatic carbocycles. The predicted molar refractivity (Wildman–Crippen MR) is 73.5 cm³/mol. The van der Waals surface area contributed by atoms with Crippen molar-refractivity contribution in [2.75, 3.05) is 19.8 Å². The number of aliphatic hydroxyl groups excluding tert-OH is 3. The monoisotopic (exact) mass is 316 g/mol. The molecule has 1 atom stereocenters. The third-order valence-electron chi connectivity index (χ3n) is 2.94.